The van der Waals surface area contributed by atoms with Crippen LogP contribution in [0.4, 0.5) is 11.4 Å². The topological polar surface area (TPSA) is 49.6 Å². The van der Waals surface area contributed by atoms with Crippen molar-refractivity contribution in [3.63, 3.8) is 0 Å². The van der Waals surface area contributed by atoms with E-state index in [1.807, 2.05) is 6.07 Å². The summed E-state index contributed by atoms with van der Waals surface area (Å²) in [7, 11) is -2.33. The number of piperidine rings is 2. The number of likely N-dealkylation sites (tertiary alicyclic amines) is 1. The van der Waals surface area contributed by atoms with Gasteiger partial charge in [-0.15, -0.1) is 0 Å². The lowest BCUT2D eigenvalue weighted by Gasteiger charge is -2.41. The van der Waals surface area contributed by atoms with Crippen LogP contribution in [0.5, 0.6) is 0 Å². The summed E-state index contributed by atoms with van der Waals surface area (Å²) in [5, 5.41) is 0.827. The second-order valence-electron chi connectivity index (χ2n) is 7.41. The van der Waals surface area contributed by atoms with Crippen molar-refractivity contribution < 1.29 is 4.57 Å². The molecule has 2 aliphatic heterocycles. The summed E-state index contributed by atoms with van der Waals surface area (Å²) in [5.74, 6) is 0. The van der Waals surface area contributed by atoms with Gasteiger partial charge in [0.1, 0.15) is 7.14 Å². The third-order valence-corrected chi connectivity index (χ3v) is 6.88. The highest BCUT2D eigenvalue weighted by atomic mass is 31.2. The van der Waals surface area contributed by atoms with Gasteiger partial charge in [0.2, 0.25) is 0 Å². The van der Waals surface area contributed by atoms with Gasteiger partial charge in [0.05, 0.1) is 0 Å². The molecule has 1 aromatic rings. The van der Waals surface area contributed by atoms with Gasteiger partial charge in [-0.1, -0.05) is 6.42 Å². The summed E-state index contributed by atoms with van der Waals surface area (Å²) in [4.78, 5) is 5.13. The van der Waals surface area contributed by atoms with Crippen LogP contribution in [0.15, 0.2) is 18.2 Å². The van der Waals surface area contributed by atoms with E-state index >= 15 is 0 Å². The Hall–Kier alpha value is -0.990. The maximum Gasteiger partial charge on any atom is 0.111 e. The summed E-state index contributed by atoms with van der Waals surface area (Å²) in [6.07, 6.45) is 6.59. The Morgan fingerprint density at radius 1 is 1.04 bits per heavy atom. The highest BCUT2D eigenvalue weighted by molar-refractivity contribution is 7.70. The average molecular weight is 335 g/mol. The lowest BCUT2D eigenvalue weighted by atomic mass is 9.99. The first kappa shape index (κ1) is 16.9. The Morgan fingerprint density at radius 2 is 1.70 bits per heavy atom. The van der Waals surface area contributed by atoms with Crippen LogP contribution in [0.25, 0.3) is 0 Å². The number of nitrogens with two attached hydrogens (primary N) is 1. The minimum absolute atomic E-state index is 0.658. The molecule has 0 aliphatic carbocycles. The first-order valence-corrected chi connectivity index (χ1v) is 11.5. The maximum absolute atomic E-state index is 12.4. The standard InChI is InChI=1S/C18H30N3OP/c1-23(2,22)18-14-16(6-7-17(18)19)21-12-8-15(9-13-21)20-10-4-3-5-11-20/h6-7,14-15H,3-5,8-13,19H2,1-2H3. The Bertz CT molecular complexity index is 584. The van der Waals surface area contributed by atoms with Gasteiger partial charge in [-0.3, -0.25) is 0 Å². The van der Waals surface area contributed by atoms with Gasteiger partial charge in [0, 0.05) is 35.8 Å². The van der Waals surface area contributed by atoms with E-state index in [1.165, 1.54) is 50.9 Å². The molecule has 2 fully saturated rings. The first-order valence-electron chi connectivity index (χ1n) is 8.89. The van der Waals surface area contributed by atoms with E-state index in [0.29, 0.717) is 5.69 Å². The molecule has 5 heteroatoms. The smallest absolute Gasteiger partial charge is 0.111 e. The summed E-state index contributed by atoms with van der Waals surface area (Å²) < 4.78 is 12.4. The van der Waals surface area contributed by atoms with Crippen LogP contribution < -0.4 is 15.9 Å². The van der Waals surface area contributed by atoms with Gasteiger partial charge in [-0.2, -0.15) is 0 Å². The zero-order valence-corrected chi connectivity index (χ0v) is 15.4. The van der Waals surface area contributed by atoms with Crippen molar-refractivity contribution in [2.75, 3.05) is 50.1 Å². The molecule has 2 saturated heterocycles. The van der Waals surface area contributed by atoms with Crippen LogP contribution in [0.3, 0.4) is 0 Å². The number of hydrogen-bond donors (Lipinski definition) is 1. The number of nitrogens with zero attached hydrogens (tertiary/aromatic N) is 2. The second kappa shape index (κ2) is 6.86. The molecule has 4 nitrogen and oxygen atoms in total. The van der Waals surface area contributed by atoms with Gasteiger partial charge in [-0.05, 0) is 70.3 Å². The molecule has 0 aromatic heterocycles. The largest absolute Gasteiger partial charge is 0.398 e. The van der Waals surface area contributed by atoms with E-state index in [-0.39, 0.29) is 0 Å². The minimum atomic E-state index is -2.33. The van der Waals surface area contributed by atoms with Crippen molar-refractivity contribution in [2.24, 2.45) is 0 Å². The highest BCUT2D eigenvalue weighted by Crippen LogP contribution is 2.38. The molecular weight excluding hydrogens is 305 g/mol. The van der Waals surface area contributed by atoms with E-state index in [9.17, 15) is 4.57 Å². The van der Waals surface area contributed by atoms with Gasteiger partial charge in [-0.25, -0.2) is 0 Å². The van der Waals surface area contributed by atoms with Crippen molar-refractivity contribution in [2.45, 2.75) is 38.1 Å². The number of nitrogen functional groups attached to an aromatic ring is 1. The average Bonchev–Trinajstić information content (AvgIpc) is 2.55. The molecule has 0 saturated carbocycles. The molecule has 0 radical (unpaired) electrons. The number of hydrogen-bond acceptors (Lipinski definition) is 4. The van der Waals surface area contributed by atoms with Crippen LogP contribution in [0.1, 0.15) is 32.1 Å². The van der Waals surface area contributed by atoms with Crippen molar-refractivity contribution in [1.82, 2.24) is 4.90 Å². The zero-order valence-electron chi connectivity index (χ0n) is 14.5. The number of benzene rings is 1. The molecule has 0 amide bonds. The molecule has 0 bridgehead atoms. The Kier molecular flexibility index (Phi) is 5.03. The van der Waals surface area contributed by atoms with Crippen LogP contribution >= 0.6 is 7.14 Å². The lowest BCUT2D eigenvalue weighted by Crippen LogP contribution is -2.46. The Morgan fingerprint density at radius 3 is 2.30 bits per heavy atom. The molecule has 1 aromatic carbocycles. The fourth-order valence-electron chi connectivity index (χ4n) is 3.97. The van der Waals surface area contributed by atoms with E-state index in [4.69, 9.17) is 5.73 Å². The Balaban J connectivity index is 1.67. The Labute approximate surface area is 140 Å². The predicted octanol–water partition coefficient (Wildman–Crippen LogP) is 2.97. The molecule has 2 aliphatic rings. The van der Waals surface area contributed by atoms with Gasteiger partial charge in [0.15, 0.2) is 0 Å². The molecule has 0 unspecified atom stereocenters. The molecule has 128 valence electrons. The summed E-state index contributed by atoms with van der Waals surface area (Å²) in [5.41, 5.74) is 7.86. The van der Waals surface area contributed by atoms with Crippen molar-refractivity contribution in [3.8, 4) is 0 Å². The van der Waals surface area contributed by atoms with Crippen LogP contribution in [-0.4, -0.2) is 50.5 Å². The second-order valence-corrected chi connectivity index (χ2v) is 10.6. The fraction of sp³-hybridized carbons (Fsp3) is 0.667. The third-order valence-electron chi connectivity index (χ3n) is 5.33. The quantitative estimate of drug-likeness (QED) is 0.681. The van der Waals surface area contributed by atoms with Crippen molar-refractivity contribution in [1.29, 1.82) is 0 Å². The molecule has 0 atom stereocenters. The molecule has 2 heterocycles. The van der Waals surface area contributed by atoms with Crippen LogP contribution in [0, 0.1) is 0 Å². The van der Waals surface area contributed by atoms with Crippen LogP contribution in [0.2, 0.25) is 0 Å². The highest BCUT2D eigenvalue weighted by Gasteiger charge is 2.26. The maximum atomic E-state index is 12.4. The van der Waals surface area contributed by atoms with E-state index in [2.05, 4.69) is 21.9 Å². The minimum Gasteiger partial charge on any atom is -0.398 e. The van der Waals surface area contributed by atoms with Gasteiger partial charge >= 0.3 is 0 Å². The van der Waals surface area contributed by atoms with E-state index in [1.54, 1.807) is 13.3 Å². The van der Waals surface area contributed by atoms with Crippen molar-refractivity contribution >= 4 is 23.8 Å². The van der Waals surface area contributed by atoms with E-state index < -0.39 is 7.14 Å². The third kappa shape index (κ3) is 3.92. The predicted molar refractivity (Wildman–Crippen MR) is 101 cm³/mol. The monoisotopic (exact) mass is 335 g/mol. The molecule has 2 N–H and O–H groups in total. The first-order chi connectivity index (χ1) is 10.9. The number of anilines is 2. The van der Waals surface area contributed by atoms with Crippen LogP contribution in [-0.2, 0) is 4.57 Å². The van der Waals surface area contributed by atoms with Gasteiger partial charge < -0.3 is 20.1 Å². The van der Waals surface area contributed by atoms with E-state index in [0.717, 1.165) is 24.4 Å². The lowest BCUT2D eigenvalue weighted by molar-refractivity contribution is 0.141. The molecule has 23 heavy (non-hydrogen) atoms. The normalized spacial score (nSPS) is 21.6. The summed E-state index contributed by atoms with van der Waals surface area (Å²) >= 11 is 0. The van der Waals surface area contributed by atoms with Crippen molar-refractivity contribution in [3.05, 3.63) is 18.2 Å². The fourth-order valence-corrected chi connectivity index (χ4v) is 5.11. The molecule has 3 rings (SSSR count). The molecule has 0 spiro atoms. The zero-order chi connectivity index (χ0) is 16.4. The summed E-state index contributed by atoms with van der Waals surface area (Å²) in [6, 6.07) is 6.80. The summed E-state index contributed by atoms with van der Waals surface area (Å²) in [6.45, 7) is 8.33. The SMILES string of the molecule is CP(C)(=O)c1cc(N2CCC(N3CCCCC3)CC2)ccc1N. The van der Waals surface area contributed by atoms with Gasteiger partial charge in [0.25, 0.3) is 0 Å². The number of rotatable bonds is 3. The molecular formula is C18H30N3OP.